The highest BCUT2D eigenvalue weighted by Crippen LogP contribution is 2.17. The van der Waals surface area contributed by atoms with E-state index >= 15 is 0 Å². The molecule has 1 saturated heterocycles. The molecule has 92 valence electrons. The standard InChI is InChI=1S/C11H20N2O3/c1-2-3-4-7-12-11(16)13-8-5-6-9(13)10(14)15/h9H,2-8H2,1H3,(H,12,16)(H,14,15)/t9-/m0/s1. The Kier molecular flexibility index (Phi) is 5.08. The normalized spacial score (nSPS) is 19.8. The number of hydrogen-bond acceptors (Lipinski definition) is 2. The number of nitrogens with one attached hydrogen (secondary N) is 1. The molecule has 1 atom stereocenters. The molecule has 0 saturated carbocycles. The number of hydrogen-bond donors (Lipinski definition) is 2. The van der Waals surface area contributed by atoms with E-state index in [1.54, 1.807) is 0 Å². The van der Waals surface area contributed by atoms with Crippen LogP contribution < -0.4 is 5.32 Å². The van der Waals surface area contributed by atoms with Gasteiger partial charge in [0.25, 0.3) is 0 Å². The number of carbonyl (C=O) groups is 2. The highest BCUT2D eigenvalue weighted by Gasteiger charge is 2.33. The molecule has 1 aliphatic rings. The van der Waals surface area contributed by atoms with Gasteiger partial charge in [-0.05, 0) is 19.3 Å². The maximum absolute atomic E-state index is 11.7. The summed E-state index contributed by atoms with van der Waals surface area (Å²) in [4.78, 5) is 24.0. The Morgan fingerprint density at radius 3 is 2.81 bits per heavy atom. The monoisotopic (exact) mass is 228 g/mol. The van der Waals surface area contributed by atoms with Crippen molar-refractivity contribution in [1.29, 1.82) is 0 Å². The smallest absolute Gasteiger partial charge is 0.326 e. The summed E-state index contributed by atoms with van der Waals surface area (Å²) in [6.45, 7) is 3.29. The average Bonchev–Trinajstić information content (AvgIpc) is 2.73. The van der Waals surface area contributed by atoms with E-state index in [0.29, 0.717) is 19.5 Å². The van der Waals surface area contributed by atoms with Gasteiger partial charge in [0.15, 0.2) is 0 Å². The summed E-state index contributed by atoms with van der Waals surface area (Å²) >= 11 is 0. The minimum Gasteiger partial charge on any atom is -0.480 e. The van der Waals surface area contributed by atoms with Crippen molar-refractivity contribution in [2.24, 2.45) is 0 Å². The Labute approximate surface area is 95.8 Å². The molecular formula is C11H20N2O3. The van der Waals surface area contributed by atoms with Crippen LogP contribution in [0.15, 0.2) is 0 Å². The van der Waals surface area contributed by atoms with Crippen LogP contribution in [0.4, 0.5) is 4.79 Å². The van der Waals surface area contributed by atoms with Crippen LogP contribution in [0.25, 0.3) is 0 Å². The second-order valence-corrected chi connectivity index (χ2v) is 4.13. The van der Waals surface area contributed by atoms with Crippen molar-refractivity contribution >= 4 is 12.0 Å². The van der Waals surface area contributed by atoms with Crippen LogP contribution in [-0.4, -0.2) is 41.1 Å². The lowest BCUT2D eigenvalue weighted by molar-refractivity contribution is -0.141. The molecule has 0 aromatic rings. The van der Waals surface area contributed by atoms with E-state index in [4.69, 9.17) is 5.11 Å². The number of aliphatic carboxylic acids is 1. The molecule has 0 aromatic heterocycles. The first-order valence-corrected chi connectivity index (χ1v) is 5.94. The van der Waals surface area contributed by atoms with E-state index in [9.17, 15) is 9.59 Å². The van der Waals surface area contributed by atoms with Crippen molar-refractivity contribution in [1.82, 2.24) is 10.2 Å². The first-order chi connectivity index (χ1) is 7.66. The van der Waals surface area contributed by atoms with Gasteiger partial charge in [-0.15, -0.1) is 0 Å². The molecule has 5 heteroatoms. The minimum atomic E-state index is -0.902. The summed E-state index contributed by atoms with van der Waals surface area (Å²) in [5, 5.41) is 11.7. The molecule has 2 N–H and O–H groups in total. The molecule has 0 bridgehead atoms. The molecule has 0 aromatic carbocycles. The van der Waals surface area contributed by atoms with Crippen LogP contribution >= 0.6 is 0 Å². The van der Waals surface area contributed by atoms with Crippen molar-refractivity contribution in [3.05, 3.63) is 0 Å². The first kappa shape index (κ1) is 12.8. The topological polar surface area (TPSA) is 69.6 Å². The van der Waals surface area contributed by atoms with Gasteiger partial charge in [-0.2, -0.15) is 0 Å². The van der Waals surface area contributed by atoms with Gasteiger partial charge in [-0.1, -0.05) is 19.8 Å². The van der Waals surface area contributed by atoms with E-state index in [-0.39, 0.29) is 6.03 Å². The van der Waals surface area contributed by atoms with Crippen molar-refractivity contribution in [2.45, 2.75) is 45.1 Å². The fourth-order valence-corrected chi connectivity index (χ4v) is 1.94. The fraction of sp³-hybridized carbons (Fsp3) is 0.818. The fourth-order valence-electron chi connectivity index (χ4n) is 1.94. The van der Waals surface area contributed by atoms with E-state index in [0.717, 1.165) is 25.7 Å². The number of carboxylic acid groups (broad SMARTS) is 1. The summed E-state index contributed by atoms with van der Waals surface area (Å²) in [5.74, 6) is -0.902. The predicted octanol–water partition coefficient (Wildman–Crippen LogP) is 1.44. The highest BCUT2D eigenvalue weighted by atomic mass is 16.4. The maximum atomic E-state index is 11.7. The third-order valence-corrected chi connectivity index (χ3v) is 2.86. The molecule has 1 rings (SSSR count). The van der Waals surface area contributed by atoms with Crippen LogP contribution in [0.3, 0.4) is 0 Å². The number of carboxylic acids is 1. The first-order valence-electron chi connectivity index (χ1n) is 5.94. The maximum Gasteiger partial charge on any atom is 0.326 e. The van der Waals surface area contributed by atoms with E-state index in [2.05, 4.69) is 12.2 Å². The molecule has 2 amide bonds. The van der Waals surface area contributed by atoms with Gasteiger partial charge < -0.3 is 15.3 Å². The third-order valence-electron chi connectivity index (χ3n) is 2.86. The number of unbranched alkanes of at least 4 members (excludes halogenated alkanes) is 2. The number of nitrogens with zero attached hydrogens (tertiary/aromatic N) is 1. The van der Waals surface area contributed by atoms with Crippen LogP contribution in [0.2, 0.25) is 0 Å². The molecule has 0 aliphatic carbocycles. The zero-order chi connectivity index (χ0) is 12.0. The number of carbonyl (C=O) groups excluding carboxylic acids is 1. The second-order valence-electron chi connectivity index (χ2n) is 4.13. The van der Waals surface area contributed by atoms with Gasteiger partial charge in [0.2, 0.25) is 0 Å². The van der Waals surface area contributed by atoms with Gasteiger partial charge in [-0.3, -0.25) is 0 Å². The van der Waals surface area contributed by atoms with Crippen LogP contribution in [0.5, 0.6) is 0 Å². The Hall–Kier alpha value is -1.26. The molecule has 1 fully saturated rings. The summed E-state index contributed by atoms with van der Waals surface area (Å²) in [5.41, 5.74) is 0. The molecule has 1 aliphatic heterocycles. The highest BCUT2D eigenvalue weighted by molar-refractivity contribution is 5.83. The lowest BCUT2D eigenvalue weighted by Crippen LogP contribution is -2.46. The Morgan fingerprint density at radius 1 is 1.44 bits per heavy atom. The summed E-state index contributed by atoms with van der Waals surface area (Å²) in [7, 11) is 0. The zero-order valence-corrected chi connectivity index (χ0v) is 9.74. The molecule has 5 nitrogen and oxygen atoms in total. The predicted molar refractivity (Wildman–Crippen MR) is 60.3 cm³/mol. The molecular weight excluding hydrogens is 208 g/mol. The van der Waals surface area contributed by atoms with Crippen molar-refractivity contribution < 1.29 is 14.7 Å². The Bertz CT molecular complexity index is 256. The van der Waals surface area contributed by atoms with Gasteiger partial charge >= 0.3 is 12.0 Å². The Morgan fingerprint density at radius 2 is 2.19 bits per heavy atom. The van der Waals surface area contributed by atoms with Gasteiger partial charge in [0.1, 0.15) is 6.04 Å². The lowest BCUT2D eigenvalue weighted by atomic mass is 10.2. The van der Waals surface area contributed by atoms with Crippen molar-refractivity contribution in [2.75, 3.05) is 13.1 Å². The van der Waals surface area contributed by atoms with E-state index < -0.39 is 12.0 Å². The van der Waals surface area contributed by atoms with Crippen LogP contribution in [0.1, 0.15) is 39.0 Å². The molecule has 16 heavy (non-hydrogen) atoms. The molecule has 0 radical (unpaired) electrons. The van der Waals surface area contributed by atoms with Crippen LogP contribution in [0, 0.1) is 0 Å². The summed E-state index contributed by atoms with van der Waals surface area (Å²) < 4.78 is 0. The largest absolute Gasteiger partial charge is 0.480 e. The number of urea groups is 1. The Balaban J connectivity index is 2.32. The number of rotatable bonds is 5. The van der Waals surface area contributed by atoms with E-state index in [1.807, 2.05) is 0 Å². The quantitative estimate of drug-likeness (QED) is 0.699. The van der Waals surface area contributed by atoms with Crippen LogP contribution in [-0.2, 0) is 4.79 Å². The zero-order valence-electron chi connectivity index (χ0n) is 9.74. The average molecular weight is 228 g/mol. The summed E-state index contributed by atoms with van der Waals surface area (Å²) in [6.07, 6.45) is 4.49. The van der Waals surface area contributed by atoms with E-state index in [1.165, 1.54) is 4.90 Å². The number of amides is 2. The third kappa shape index (κ3) is 3.40. The minimum absolute atomic E-state index is 0.235. The van der Waals surface area contributed by atoms with Crippen molar-refractivity contribution in [3.8, 4) is 0 Å². The SMILES string of the molecule is CCCCCNC(=O)N1CCC[C@H]1C(=O)O. The molecule has 0 spiro atoms. The van der Waals surface area contributed by atoms with Gasteiger partial charge in [0.05, 0.1) is 0 Å². The van der Waals surface area contributed by atoms with Crippen molar-refractivity contribution in [3.63, 3.8) is 0 Å². The molecule has 0 unspecified atom stereocenters. The van der Waals surface area contributed by atoms with Gasteiger partial charge in [-0.25, -0.2) is 9.59 Å². The second kappa shape index (κ2) is 6.35. The number of likely N-dealkylation sites (tertiary alicyclic amines) is 1. The summed E-state index contributed by atoms with van der Waals surface area (Å²) in [6, 6.07) is -0.868. The van der Waals surface area contributed by atoms with Gasteiger partial charge in [0, 0.05) is 13.1 Å². The lowest BCUT2D eigenvalue weighted by Gasteiger charge is -2.21. The molecule has 1 heterocycles.